The maximum Gasteiger partial charge on any atom is 0.0434 e. The summed E-state index contributed by atoms with van der Waals surface area (Å²) in [5, 5.41) is 13.1. The molecule has 1 unspecified atom stereocenters. The Kier molecular flexibility index (Phi) is 4.48. The molecule has 4 bridgehead atoms. The summed E-state index contributed by atoms with van der Waals surface area (Å²) < 4.78 is 0. The third-order valence-corrected chi connectivity index (χ3v) is 6.10. The van der Waals surface area contributed by atoms with Crippen LogP contribution in [0.3, 0.4) is 0 Å². The minimum absolute atomic E-state index is 0.355. The van der Waals surface area contributed by atoms with E-state index < -0.39 is 0 Å². The van der Waals surface area contributed by atoms with E-state index in [2.05, 4.69) is 12.2 Å². The lowest BCUT2D eigenvalue weighted by atomic mass is 9.54. The lowest BCUT2D eigenvalue weighted by molar-refractivity contribution is -0.0151. The molecular formula is C17H31NO. The van der Waals surface area contributed by atoms with Gasteiger partial charge >= 0.3 is 0 Å². The Labute approximate surface area is 118 Å². The van der Waals surface area contributed by atoms with Crippen molar-refractivity contribution in [2.24, 2.45) is 29.6 Å². The van der Waals surface area contributed by atoms with E-state index in [1.54, 1.807) is 6.42 Å². The van der Waals surface area contributed by atoms with Crippen LogP contribution < -0.4 is 5.32 Å². The van der Waals surface area contributed by atoms with Crippen molar-refractivity contribution >= 4 is 0 Å². The third kappa shape index (κ3) is 3.00. The molecule has 0 heterocycles. The molecule has 2 heteroatoms. The molecule has 2 nitrogen and oxygen atoms in total. The van der Waals surface area contributed by atoms with Crippen molar-refractivity contribution in [3.05, 3.63) is 0 Å². The standard InChI is InChI=1S/C17H31NO/c1-2-3-12(4-5-19)11-18-17-15-7-13-6-14(9-15)10-16(17)8-13/h12-19H,2-11H2,1H3. The van der Waals surface area contributed by atoms with Gasteiger partial charge in [0.1, 0.15) is 0 Å². The van der Waals surface area contributed by atoms with E-state index in [0.29, 0.717) is 12.5 Å². The van der Waals surface area contributed by atoms with Crippen LogP contribution in [0.1, 0.15) is 58.3 Å². The van der Waals surface area contributed by atoms with Gasteiger partial charge in [0.25, 0.3) is 0 Å². The molecule has 0 radical (unpaired) electrons. The highest BCUT2D eigenvalue weighted by molar-refractivity contribution is 5.01. The van der Waals surface area contributed by atoms with E-state index in [0.717, 1.165) is 42.7 Å². The number of nitrogens with one attached hydrogen (secondary N) is 1. The predicted octanol–water partition coefficient (Wildman–Crippen LogP) is 3.20. The van der Waals surface area contributed by atoms with Crippen molar-refractivity contribution in [3.63, 3.8) is 0 Å². The summed E-state index contributed by atoms with van der Waals surface area (Å²) in [5.41, 5.74) is 0. The zero-order valence-corrected chi connectivity index (χ0v) is 12.5. The first-order valence-electron chi connectivity index (χ1n) is 8.64. The molecule has 0 amide bonds. The molecule has 0 aromatic heterocycles. The van der Waals surface area contributed by atoms with Gasteiger partial charge in [-0.15, -0.1) is 0 Å². The molecule has 19 heavy (non-hydrogen) atoms. The quantitative estimate of drug-likeness (QED) is 0.741. The van der Waals surface area contributed by atoms with E-state index in [4.69, 9.17) is 0 Å². The molecule has 0 spiro atoms. The first-order valence-corrected chi connectivity index (χ1v) is 8.64. The van der Waals surface area contributed by atoms with E-state index >= 15 is 0 Å². The lowest BCUT2D eigenvalue weighted by Crippen LogP contribution is -2.55. The fourth-order valence-corrected chi connectivity index (χ4v) is 5.50. The van der Waals surface area contributed by atoms with Crippen LogP contribution in [0.25, 0.3) is 0 Å². The molecule has 4 fully saturated rings. The molecule has 4 saturated carbocycles. The number of hydrogen-bond acceptors (Lipinski definition) is 2. The van der Waals surface area contributed by atoms with E-state index in [1.165, 1.54) is 38.5 Å². The average molecular weight is 265 g/mol. The Morgan fingerprint density at radius 1 is 1.00 bits per heavy atom. The number of aliphatic hydroxyl groups excluding tert-OH is 1. The summed E-state index contributed by atoms with van der Waals surface area (Å²) in [6.07, 6.45) is 11.0. The summed E-state index contributed by atoms with van der Waals surface area (Å²) in [4.78, 5) is 0. The fourth-order valence-electron chi connectivity index (χ4n) is 5.50. The zero-order chi connectivity index (χ0) is 13.2. The van der Waals surface area contributed by atoms with Crippen LogP contribution in [0.5, 0.6) is 0 Å². The van der Waals surface area contributed by atoms with Gasteiger partial charge in [-0.1, -0.05) is 13.3 Å². The second-order valence-electron chi connectivity index (χ2n) is 7.53. The summed E-state index contributed by atoms with van der Waals surface area (Å²) in [5.74, 6) is 4.79. The molecule has 4 rings (SSSR count). The van der Waals surface area contributed by atoms with Crippen molar-refractivity contribution in [2.45, 2.75) is 64.3 Å². The summed E-state index contributed by atoms with van der Waals surface area (Å²) >= 11 is 0. The van der Waals surface area contributed by atoms with Gasteiger partial charge in [-0.05, 0) is 81.1 Å². The third-order valence-electron chi connectivity index (χ3n) is 6.10. The minimum atomic E-state index is 0.355. The van der Waals surface area contributed by atoms with Crippen LogP contribution >= 0.6 is 0 Å². The van der Waals surface area contributed by atoms with Crippen LogP contribution in [0, 0.1) is 29.6 Å². The molecule has 0 aromatic rings. The number of rotatable bonds is 7. The Bertz CT molecular complexity index is 257. The molecule has 110 valence electrons. The summed E-state index contributed by atoms with van der Waals surface area (Å²) in [6.45, 7) is 3.75. The zero-order valence-electron chi connectivity index (χ0n) is 12.5. The second-order valence-corrected chi connectivity index (χ2v) is 7.53. The van der Waals surface area contributed by atoms with Gasteiger partial charge in [0.2, 0.25) is 0 Å². The largest absolute Gasteiger partial charge is 0.396 e. The minimum Gasteiger partial charge on any atom is -0.396 e. The van der Waals surface area contributed by atoms with Crippen LogP contribution in [-0.2, 0) is 0 Å². The molecule has 2 N–H and O–H groups in total. The topological polar surface area (TPSA) is 32.3 Å². The monoisotopic (exact) mass is 265 g/mol. The van der Waals surface area contributed by atoms with Gasteiger partial charge in [-0.2, -0.15) is 0 Å². The van der Waals surface area contributed by atoms with Crippen molar-refractivity contribution in [3.8, 4) is 0 Å². The smallest absolute Gasteiger partial charge is 0.0434 e. The molecule has 0 saturated heterocycles. The van der Waals surface area contributed by atoms with Gasteiger partial charge in [-0.25, -0.2) is 0 Å². The van der Waals surface area contributed by atoms with Crippen molar-refractivity contribution in [2.75, 3.05) is 13.2 Å². The van der Waals surface area contributed by atoms with Crippen LogP contribution in [0.4, 0.5) is 0 Å². The Morgan fingerprint density at radius 2 is 1.63 bits per heavy atom. The Balaban J connectivity index is 1.52. The highest BCUT2D eigenvalue weighted by atomic mass is 16.3. The average Bonchev–Trinajstić information content (AvgIpc) is 2.37. The fraction of sp³-hybridized carbons (Fsp3) is 1.00. The lowest BCUT2D eigenvalue weighted by Gasteiger charge is -2.54. The first kappa shape index (κ1) is 13.9. The second kappa shape index (κ2) is 6.13. The first-order chi connectivity index (χ1) is 9.30. The Hall–Kier alpha value is -0.0800. The van der Waals surface area contributed by atoms with E-state index in [-0.39, 0.29) is 0 Å². The van der Waals surface area contributed by atoms with Crippen molar-refractivity contribution in [1.29, 1.82) is 0 Å². The molecule has 4 aliphatic rings. The van der Waals surface area contributed by atoms with Crippen molar-refractivity contribution in [1.82, 2.24) is 5.32 Å². The van der Waals surface area contributed by atoms with Crippen LogP contribution in [0.2, 0.25) is 0 Å². The molecular weight excluding hydrogens is 234 g/mol. The predicted molar refractivity (Wildman–Crippen MR) is 78.9 cm³/mol. The van der Waals surface area contributed by atoms with Crippen molar-refractivity contribution < 1.29 is 5.11 Å². The SMILES string of the molecule is CCCC(CCO)CNC1C2CC3CC(C2)CC1C3. The number of hydrogen-bond donors (Lipinski definition) is 2. The number of aliphatic hydroxyl groups is 1. The van der Waals surface area contributed by atoms with Gasteiger partial charge < -0.3 is 10.4 Å². The van der Waals surface area contributed by atoms with Crippen LogP contribution in [-0.4, -0.2) is 24.3 Å². The molecule has 0 aromatic carbocycles. The van der Waals surface area contributed by atoms with Gasteiger partial charge in [-0.3, -0.25) is 0 Å². The molecule has 0 aliphatic heterocycles. The van der Waals surface area contributed by atoms with E-state index in [9.17, 15) is 5.11 Å². The molecule has 1 atom stereocenters. The van der Waals surface area contributed by atoms with Crippen LogP contribution in [0.15, 0.2) is 0 Å². The highest BCUT2D eigenvalue weighted by Crippen LogP contribution is 2.53. The summed E-state index contributed by atoms with van der Waals surface area (Å²) in [7, 11) is 0. The normalized spacial score (nSPS) is 41.7. The van der Waals surface area contributed by atoms with E-state index in [1.807, 2.05) is 0 Å². The van der Waals surface area contributed by atoms with Gasteiger partial charge in [0.05, 0.1) is 0 Å². The van der Waals surface area contributed by atoms with Gasteiger partial charge in [0, 0.05) is 12.6 Å². The van der Waals surface area contributed by atoms with Gasteiger partial charge in [0.15, 0.2) is 0 Å². The summed E-state index contributed by atoms with van der Waals surface area (Å²) in [6, 6.07) is 0.811. The highest BCUT2D eigenvalue weighted by Gasteiger charge is 2.47. The maximum absolute atomic E-state index is 9.17. The molecule has 4 aliphatic carbocycles. The maximum atomic E-state index is 9.17. The Morgan fingerprint density at radius 3 is 2.16 bits per heavy atom.